The van der Waals surface area contributed by atoms with Crippen molar-refractivity contribution in [2.24, 2.45) is 5.92 Å². The number of sulfonamides is 1. The molecule has 1 fully saturated rings. The maximum atomic E-state index is 13.1. The Hall–Kier alpha value is -2.21. The predicted octanol–water partition coefficient (Wildman–Crippen LogP) is 4.89. The van der Waals surface area contributed by atoms with Gasteiger partial charge in [-0.2, -0.15) is 4.31 Å². The molecule has 1 aliphatic rings. The van der Waals surface area contributed by atoms with Crippen LogP contribution >= 0.6 is 0 Å². The molecule has 0 unspecified atom stereocenters. The summed E-state index contributed by atoms with van der Waals surface area (Å²) >= 11 is 0. The van der Waals surface area contributed by atoms with E-state index in [1.807, 2.05) is 57.2 Å². The molecule has 4 nitrogen and oxygen atoms in total. The minimum Gasteiger partial charge on any atom is -0.393 e. The minimum absolute atomic E-state index is 0.0477. The van der Waals surface area contributed by atoms with Crippen molar-refractivity contribution in [1.29, 1.82) is 0 Å². The molecule has 31 heavy (non-hydrogen) atoms. The van der Waals surface area contributed by atoms with Crippen molar-refractivity contribution >= 4 is 10.0 Å². The number of hydrogen-bond acceptors (Lipinski definition) is 3. The molecule has 3 rings (SSSR count). The van der Waals surface area contributed by atoms with Crippen molar-refractivity contribution in [3.05, 3.63) is 89.0 Å². The third-order valence-corrected chi connectivity index (χ3v) is 7.71. The Labute approximate surface area is 187 Å². The van der Waals surface area contributed by atoms with Crippen LogP contribution in [0.3, 0.4) is 0 Å². The third-order valence-electron chi connectivity index (χ3n) is 5.88. The maximum absolute atomic E-state index is 13.1. The Morgan fingerprint density at radius 2 is 1.81 bits per heavy atom. The summed E-state index contributed by atoms with van der Waals surface area (Å²) in [5.41, 5.74) is 4.56. The average Bonchev–Trinajstić information content (AvgIpc) is 3.19. The maximum Gasteiger partial charge on any atom is 0.243 e. The van der Waals surface area contributed by atoms with Gasteiger partial charge in [0.2, 0.25) is 10.0 Å². The molecular weight excluding hydrogens is 406 g/mol. The molecule has 2 atom stereocenters. The molecule has 1 saturated heterocycles. The third kappa shape index (κ3) is 6.16. The molecule has 0 aromatic heterocycles. The quantitative estimate of drug-likeness (QED) is 0.596. The van der Waals surface area contributed by atoms with Crippen LogP contribution in [0.4, 0.5) is 0 Å². The molecule has 1 N–H and O–H groups in total. The Morgan fingerprint density at radius 3 is 2.45 bits per heavy atom. The molecule has 1 aliphatic heterocycles. The van der Waals surface area contributed by atoms with Crippen molar-refractivity contribution in [3.8, 4) is 0 Å². The second-order valence-corrected chi connectivity index (χ2v) is 10.5. The lowest BCUT2D eigenvalue weighted by atomic mass is 9.97. The number of allylic oxidation sites excluding steroid dienone is 1. The highest BCUT2D eigenvalue weighted by atomic mass is 32.2. The molecule has 1 heterocycles. The van der Waals surface area contributed by atoms with Gasteiger partial charge in [0.1, 0.15) is 0 Å². The van der Waals surface area contributed by atoms with Crippen LogP contribution in [-0.4, -0.2) is 37.0 Å². The van der Waals surface area contributed by atoms with E-state index in [0.29, 0.717) is 30.8 Å². The summed E-state index contributed by atoms with van der Waals surface area (Å²) < 4.78 is 27.8. The van der Waals surface area contributed by atoms with Gasteiger partial charge in [-0.25, -0.2) is 8.42 Å². The lowest BCUT2D eigenvalue weighted by molar-refractivity contribution is 0.168. The molecule has 166 valence electrons. The second-order valence-electron chi connectivity index (χ2n) is 8.58. The highest BCUT2D eigenvalue weighted by Gasteiger charge is 2.35. The van der Waals surface area contributed by atoms with E-state index in [1.54, 1.807) is 16.4 Å². The van der Waals surface area contributed by atoms with Crippen LogP contribution < -0.4 is 0 Å². The molecule has 2 aromatic rings. The van der Waals surface area contributed by atoms with Crippen molar-refractivity contribution < 1.29 is 13.5 Å². The topological polar surface area (TPSA) is 57.6 Å². The Bertz CT molecular complexity index is 1020. The van der Waals surface area contributed by atoms with E-state index in [-0.39, 0.29) is 5.92 Å². The van der Waals surface area contributed by atoms with E-state index in [0.717, 1.165) is 23.1 Å². The molecule has 2 aromatic carbocycles. The number of benzene rings is 2. The lowest BCUT2D eigenvalue weighted by Crippen LogP contribution is -2.28. The minimum atomic E-state index is -3.52. The van der Waals surface area contributed by atoms with Crippen LogP contribution in [-0.2, 0) is 16.4 Å². The first-order chi connectivity index (χ1) is 14.8. The van der Waals surface area contributed by atoms with Gasteiger partial charge in [-0.15, -0.1) is 0 Å². The van der Waals surface area contributed by atoms with Crippen LogP contribution in [0.5, 0.6) is 0 Å². The van der Waals surface area contributed by atoms with E-state index in [1.165, 1.54) is 5.56 Å². The molecule has 0 bridgehead atoms. The van der Waals surface area contributed by atoms with E-state index >= 15 is 0 Å². The van der Waals surface area contributed by atoms with Crippen LogP contribution in [0.25, 0.3) is 0 Å². The summed E-state index contributed by atoms with van der Waals surface area (Å²) in [5.74, 6) is 0.0477. The van der Waals surface area contributed by atoms with Crippen LogP contribution in [0.1, 0.15) is 37.8 Å². The zero-order valence-electron chi connectivity index (χ0n) is 18.7. The molecule has 0 aliphatic carbocycles. The van der Waals surface area contributed by atoms with Crippen molar-refractivity contribution in [2.45, 2.75) is 51.0 Å². The summed E-state index contributed by atoms with van der Waals surface area (Å²) in [4.78, 5) is 0.340. The van der Waals surface area contributed by atoms with Gasteiger partial charge in [-0.1, -0.05) is 65.8 Å². The largest absolute Gasteiger partial charge is 0.393 e. The number of hydrogen-bond donors (Lipinski definition) is 1. The molecule has 0 radical (unpaired) electrons. The summed E-state index contributed by atoms with van der Waals surface area (Å²) in [7, 11) is -3.52. The van der Waals surface area contributed by atoms with Gasteiger partial charge in [-0.05, 0) is 63.3 Å². The predicted molar refractivity (Wildman–Crippen MR) is 126 cm³/mol. The zero-order chi connectivity index (χ0) is 22.4. The van der Waals surface area contributed by atoms with Gasteiger partial charge in [0.15, 0.2) is 0 Å². The number of rotatable bonds is 8. The monoisotopic (exact) mass is 439 g/mol. The van der Waals surface area contributed by atoms with Crippen molar-refractivity contribution in [3.63, 3.8) is 0 Å². The fourth-order valence-corrected chi connectivity index (χ4v) is 5.39. The van der Waals surface area contributed by atoms with E-state index in [9.17, 15) is 13.5 Å². The van der Waals surface area contributed by atoms with E-state index in [2.05, 4.69) is 18.2 Å². The number of aliphatic hydroxyl groups is 1. The number of nitrogens with zero attached hydrogens (tertiary/aromatic N) is 1. The number of aliphatic hydroxyl groups excluding tert-OH is 1. The summed E-state index contributed by atoms with van der Waals surface area (Å²) in [6.45, 7) is 6.87. The van der Waals surface area contributed by atoms with Crippen molar-refractivity contribution in [1.82, 2.24) is 4.31 Å². The first kappa shape index (κ1) is 23.5. The van der Waals surface area contributed by atoms with Gasteiger partial charge >= 0.3 is 0 Å². The first-order valence-electron chi connectivity index (χ1n) is 10.9. The average molecular weight is 440 g/mol. The number of aryl methyl sites for hydroxylation is 2. The lowest BCUT2D eigenvalue weighted by Gasteiger charge is -2.16. The molecule has 0 amide bonds. The Balaban J connectivity index is 1.62. The molecule has 0 saturated carbocycles. The standard InChI is InChI=1S/C26H33NO3S/c1-20(2)26-19-27(31(29,30)25-16-12-21(3)13-17-25)18-23(26)10-7-11-24(28)15-14-22-8-5-4-6-9-22/h4-10,12-13,16-17,23-24,28H,11,14-15,18-19H2,1-3H3/b10-7+/t23-,24+/m1/s1. The highest BCUT2D eigenvalue weighted by molar-refractivity contribution is 7.89. The smallest absolute Gasteiger partial charge is 0.243 e. The molecule has 0 spiro atoms. The van der Waals surface area contributed by atoms with E-state index < -0.39 is 16.1 Å². The van der Waals surface area contributed by atoms with Gasteiger partial charge < -0.3 is 5.11 Å². The second kappa shape index (κ2) is 10.4. The highest BCUT2D eigenvalue weighted by Crippen LogP contribution is 2.31. The van der Waals surface area contributed by atoms with Crippen LogP contribution in [0.2, 0.25) is 0 Å². The molecule has 5 heteroatoms. The molecular formula is C26H33NO3S. The normalized spacial score (nSPS) is 18.6. The van der Waals surface area contributed by atoms with Crippen LogP contribution in [0.15, 0.2) is 82.8 Å². The van der Waals surface area contributed by atoms with Gasteiger partial charge in [0.25, 0.3) is 0 Å². The van der Waals surface area contributed by atoms with Gasteiger partial charge in [-0.3, -0.25) is 0 Å². The van der Waals surface area contributed by atoms with Crippen LogP contribution in [0, 0.1) is 12.8 Å². The van der Waals surface area contributed by atoms with Gasteiger partial charge in [0, 0.05) is 19.0 Å². The first-order valence-corrected chi connectivity index (χ1v) is 12.3. The van der Waals surface area contributed by atoms with Crippen molar-refractivity contribution in [2.75, 3.05) is 13.1 Å². The fraction of sp³-hybridized carbons (Fsp3) is 0.385. The SMILES string of the molecule is CC(C)=C1CN(S(=O)(=O)c2ccc(C)cc2)C[C@H]1/C=C/C[C@H](O)CCc1ccccc1. The fourth-order valence-electron chi connectivity index (χ4n) is 3.95. The zero-order valence-corrected chi connectivity index (χ0v) is 19.5. The Kier molecular flexibility index (Phi) is 7.87. The van der Waals surface area contributed by atoms with E-state index in [4.69, 9.17) is 0 Å². The van der Waals surface area contributed by atoms with Gasteiger partial charge in [0.05, 0.1) is 11.0 Å². The Morgan fingerprint density at radius 1 is 1.13 bits per heavy atom. The summed E-state index contributed by atoms with van der Waals surface area (Å²) in [6, 6.07) is 17.2. The summed E-state index contributed by atoms with van der Waals surface area (Å²) in [5, 5.41) is 10.3. The summed E-state index contributed by atoms with van der Waals surface area (Å²) in [6.07, 6.45) is 5.80.